The SMILES string of the molecule is Cc1ccc(C(CN)N2CCSCC2)c(Br)c1. The van der Waals surface area contributed by atoms with Gasteiger partial charge >= 0.3 is 0 Å². The number of nitrogens with zero attached hydrogens (tertiary/aromatic N) is 1. The van der Waals surface area contributed by atoms with Gasteiger partial charge in [0, 0.05) is 41.7 Å². The Morgan fingerprint density at radius 3 is 2.71 bits per heavy atom. The van der Waals surface area contributed by atoms with Crippen molar-refractivity contribution in [3.8, 4) is 0 Å². The summed E-state index contributed by atoms with van der Waals surface area (Å²) in [5.74, 6) is 2.44. The van der Waals surface area contributed by atoms with E-state index in [2.05, 4.69) is 46.0 Å². The normalized spacial score (nSPS) is 19.2. The minimum absolute atomic E-state index is 0.353. The van der Waals surface area contributed by atoms with Gasteiger partial charge in [0.15, 0.2) is 0 Å². The molecule has 1 heterocycles. The van der Waals surface area contributed by atoms with Gasteiger partial charge in [0.2, 0.25) is 0 Å². The van der Waals surface area contributed by atoms with Gasteiger partial charge in [-0.2, -0.15) is 11.8 Å². The van der Waals surface area contributed by atoms with Gasteiger partial charge in [0.25, 0.3) is 0 Å². The summed E-state index contributed by atoms with van der Waals surface area (Å²) in [6.07, 6.45) is 0. The fourth-order valence-electron chi connectivity index (χ4n) is 2.26. The van der Waals surface area contributed by atoms with Crippen molar-refractivity contribution >= 4 is 27.7 Å². The predicted octanol–water partition coefficient (Wildman–Crippen LogP) is 2.81. The molecule has 0 radical (unpaired) electrons. The Kier molecular flexibility index (Phi) is 4.91. The van der Waals surface area contributed by atoms with Gasteiger partial charge in [0.1, 0.15) is 0 Å². The van der Waals surface area contributed by atoms with Crippen molar-refractivity contribution < 1.29 is 0 Å². The van der Waals surface area contributed by atoms with Crippen molar-refractivity contribution in [2.45, 2.75) is 13.0 Å². The summed E-state index contributed by atoms with van der Waals surface area (Å²) in [6.45, 7) is 5.09. The summed E-state index contributed by atoms with van der Waals surface area (Å²) in [4.78, 5) is 2.51. The van der Waals surface area contributed by atoms with Crippen LogP contribution in [0.5, 0.6) is 0 Å². The molecule has 1 aliphatic heterocycles. The molecule has 2 nitrogen and oxygen atoms in total. The Balaban J connectivity index is 2.21. The lowest BCUT2D eigenvalue weighted by Crippen LogP contribution is -2.39. The van der Waals surface area contributed by atoms with E-state index in [1.807, 2.05) is 11.8 Å². The first-order chi connectivity index (χ1) is 8.22. The number of halogens is 1. The van der Waals surface area contributed by atoms with Gasteiger partial charge in [-0.15, -0.1) is 0 Å². The molecule has 0 spiro atoms. The lowest BCUT2D eigenvalue weighted by Gasteiger charge is -2.34. The summed E-state index contributed by atoms with van der Waals surface area (Å²) in [6, 6.07) is 6.91. The molecule has 0 aromatic heterocycles. The van der Waals surface area contributed by atoms with Crippen molar-refractivity contribution in [3.63, 3.8) is 0 Å². The summed E-state index contributed by atoms with van der Waals surface area (Å²) in [5, 5.41) is 0. The van der Waals surface area contributed by atoms with Gasteiger partial charge in [-0.05, 0) is 24.1 Å². The van der Waals surface area contributed by atoms with Gasteiger partial charge in [-0.3, -0.25) is 4.90 Å². The molecule has 2 N–H and O–H groups in total. The molecule has 0 bridgehead atoms. The number of hydrogen-bond donors (Lipinski definition) is 1. The van der Waals surface area contributed by atoms with Crippen LogP contribution >= 0.6 is 27.7 Å². The lowest BCUT2D eigenvalue weighted by molar-refractivity contribution is 0.222. The number of nitrogens with two attached hydrogens (primary N) is 1. The van der Waals surface area contributed by atoms with Crippen LogP contribution in [0.2, 0.25) is 0 Å². The topological polar surface area (TPSA) is 29.3 Å². The second kappa shape index (κ2) is 6.23. The highest BCUT2D eigenvalue weighted by Crippen LogP contribution is 2.29. The molecule has 94 valence electrons. The highest BCUT2D eigenvalue weighted by molar-refractivity contribution is 9.10. The number of rotatable bonds is 3. The van der Waals surface area contributed by atoms with Crippen LogP contribution < -0.4 is 5.73 Å². The zero-order valence-corrected chi connectivity index (χ0v) is 12.6. The Morgan fingerprint density at radius 1 is 1.41 bits per heavy atom. The molecule has 1 aromatic rings. The average molecular weight is 315 g/mol. The monoisotopic (exact) mass is 314 g/mol. The second-order valence-corrected chi connectivity index (χ2v) is 6.50. The molecule has 1 fully saturated rings. The van der Waals surface area contributed by atoms with Crippen LogP contribution in [0.15, 0.2) is 22.7 Å². The quantitative estimate of drug-likeness (QED) is 0.930. The zero-order valence-electron chi connectivity index (χ0n) is 10.2. The van der Waals surface area contributed by atoms with Crippen LogP contribution in [-0.4, -0.2) is 36.0 Å². The summed E-state index contributed by atoms with van der Waals surface area (Å²) in [7, 11) is 0. The number of thioether (sulfide) groups is 1. The van der Waals surface area contributed by atoms with Crippen LogP contribution in [-0.2, 0) is 0 Å². The summed E-state index contributed by atoms with van der Waals surface area (Å²) >= 11 is 5.70. The fourth-order valence-corrected chi connectivity index (χ4v) is 3.95. The van der Waals surface area contributed by atoms with Crippen molar-refractivity contribution in [1.82, 2.24) is 4.90 Å². The zero-order chi connectivity index (χ0) is 12.3. The van der Waals surface area contributed by atoms with E-state index in [0.717, 1.165) is 13.1 Å². The third kappa shape index (κ3) is 3.25. The first-order valence-corrected chi connectivity index (χ1v) is 7.95. The molecule has 1 saturated heterocycles. The molecule has 0 aliphatic carbocycles. The Labute approximate surface area is 116 Å². The van der Waals surface area contributed by atoms with E-state index >= 15 is 0 Å². The first-order valence-electron chi connectivity index (χ1n) is 6.00. The largest absolute Gasteiger partial charge is 0.329 e. The fraction of sp³-hybridized carbons (Fsp3) is 0.538. The van der Waals surface area contributed by atoms with E-state index < -0.39 is 0 Å². The third-order valence-electron chi connectivity index (χ3n) is 3.22. The Bertz CT molecular complexity index is 378. The molecule has 0 saturated carbocycles. The van der Waals surface area contributed by atoms with E-state index in [4.69, 9.17) is 5.73 Å². The van der Waals surface area contributed by atoms with Gasteiger partial charge < -0.3 is 5.73 Å². The molecule has 17 heavy (non-hydrogen) atoms. The summed E-state index contributed by atoms with van der Waals surface area (Å²) < 4.78 is 1.19. The van der Waals surface area contributed by atoms with Crippen LogP contribution in [0, 0.1) is 6.92 Å². The van der Waals surface area contributed by atoms with E-state index in [0.29, 0.717) is 12.6 Å². The minimum Gasteiger partial charge on any atom is -0.329 e. The van der Waals surface area contributed by atoms with Crippen molar-refractivity contribution in [1.29, 1.82) is 0 Å². The molecule has 1 unspecified atom stereocenters. The molecular weight excluding hydrogens is 296 g/mol. The van der Waals surface area contributed by atoms with Crippen molar-refractivity contribution in [3.05, 3.63) is 33.8 Å². The Hall–Kier alpha value is -0.0300. The highest BCUT2D eigenvalue weighted by atomic mass is 79.9. The molecule has 4 heteroatoms. The third-order valence-corrected chi connectivity index (χ3v) is 4.85. The molecule has 0 amide bonds. The molecule has 1 aromatic carbocycles. The maximum atomic E-state index is 5.97. The van der Waals surface area contributed by atoms with Gasteiger partial charge in [0.05, 0.1) is 0 Å². The van der Waals surface area contributed by atoms with Crippen LogP contribution in [0.3, 0.4) is 0 Å². The van der Waals surface area contributed by atoms with E-state index in [1.165, 1.54) is 27.1 Å². The van der Waals surface area contributed by atoms with Crippen LogP contribution in [0.25, 0.3) is 0 Å². The number of benzene rings is 1. The standard InChI is InChI=1S/C13H19BrN2S/c1-10-2-3-11(12(14)8-10)13(9-15)16-4-6-17-7-5-16/h2-3,8,13H,4-7,9,15H2,1H3. The van der Waals surface area contributed by atoms with Crippen LogP contribution in [0.1, 0.15) is 17.2 Å². The lowest BCUT2D eigenvalue weighted by atomic mass is 10.0. The molecule has 2 rings (SSSR count). The molecule has 1 aliphatic rings. The first kappa shape index (κ1) is 13.4. The predicted molar refractivity (Wildman–Crippen MR) is 79.6 cm³/mol. The van der Waals surface area contributed by atoms with Gasteiger partial charge in [-0.1, -0.05) is 28.1 Å². The van der Waals surface area contributed by atoms with Crippen LogP contribution in [0.4, 0.5) is 0 Å². The van der Waals surface area contributed by atoms with E-state index in [1.54, 1.807) is 0 Å². The second-order valence-electron chi connectivity index (χ2n) is 4.42. The van der Waals surface area contributed by atoms with Crippen molar-refractivity contribution in [2.75, 3.05) is 31.1 Å². The van der Waals surface area contributed by atoms with Gasteiger partial charge in [-0.25, -0.2) is 0 Å². The molecule has 1 atom stereocenters. The summed E-state index contributed by atoms with van der Waals surface area (Å²) in [5.41, 5.74) is 8.58. The Morgan fingerprint density at radius 2 is 2.12 bits per heavy atom. The highest BCUT2D eigenvalue weighted by Gasteiger charge is 2.22. The number of hydrogen-bond acceptors (Lipinski definition) is 3. The van der Waals surface area contributed by atoms with Crippen molar-refractivity contribution in [2.24, 2.45) is 5.73 Å². The minimum atomic E-state index is 0.353. The molecular formula is C13H19BrN2S. The average Bonchev–Trinajstić information content (AvgIpc) is 2.34. The maximum Gasteiger partial charge on any atom is 0.0482 e. The van der Waals surface area contributed by atoms with E-state index in [-0.39, 0.29) is 0 Å². The van der Waals surface area contributed by atoms with E-state index in [9.17, 15) is 0 Å². The maximum absolute atomic E-state index is 5.97. The number of aryl methyl sites for hydroxylation is 1. The smallest absolute Gasteiger partial charge is 0.0482 e.